The zero-order valence-corrected chi connectivity index (χ0v) is 20.7. The fourth-order valence-corrected chi connectivity index (χ4v) is 4.25. The number of benzene rings is 2. The molecule has 0 radical (unpaired) electrons. The van der Waals surface area contributed by atoms with Crippen molar-refractivity contribution in [2.45, 2.75) is 51.2 Å². The molecule has 11 heteroatoms. The number of hydrogen-bond donors (Lipinski definition) is 2. The standard InChI is InChI=1S/C25H28F3N5O2.ClH/c1-2-14-34-19-11-6-16(7-12-19)5-8-17-9-10-18(15-20(17)25(26,27)28)22-31-23(35-32-22)21-4-3-13-33(21)24(29)30;/h6-7,9-12,15,21H,2-5,8,13-14H2,1H3,(H3,29,30);1H. The van der Waals surface area contributed by atoms with Crippen LogP contribution in [0.3, 0.4) is 0 Å². The quantitative estimate of drug-likeness (QED) is 0.286. The number of hydrogen-bond acceptors (Lipinski definition) is 5. The minimum absolute atomic E-state index is 0. The van der Waals surface area contributed by atoms with Crippen LogP contribution in [0.25, 0.3) is 11.4 Å². The van der Waals surface area contributed by atoms with Crippen molar-refractivity contribution in [2.75, 3.05) is 13.2 Å². The summed E-state index contributed by atoms with van der Waals surface area (Å²) >= 11 is 0. The summed E-state index contributed by atoms with van der Waals surface area (Å²) in [5.74, 6) is 0.977. The number of alkyl halides is 3. The van der Waals surface area contributed by atoms with Crippen LogP contribution < -0.4 is 10.5 Å². The van der Waals surface area contributed by atoms with Crippen LogP contribution in [0.1, 0.15) is 54.8 Å². The fourth-order valence-electron chi connectivity index (χ4n) is 4.25. The van der Waals surface area contributed by atoms with Gasteiger partial charge in [0, 0.05) is 12.1 Å². The molecule has 194 valence electrons. The third-order valence-electron chi connectivity index (χ3n) is 6.04. The molecule has 1 fully saturated rings. The molecule has 0 bridgehead atoms. The van der Waals surface area contributed by atoms with Gasteiger partial charge in [-0.3, -0.25) is 5.41 Å². The Bertz CT molecular complexity index is 1170. The largest absolute Gasteiger partial charge is 0.494 e. The molecule has 3 aromatic rings. The van der Waals surface area contributed by atoms with Gasteiger partial charge in [-0.1, -0.05) is 36.3 Å². The van der Waals surface area contributed by atoms with Crippen LogP contribution in [-0.2, 0) is 19.0 Å². The minimum atomic E-state index is -4.52. The van der Waals surface area contributed by atoms with Gasteiger partial charge in [-0.05, 0) is 61.4 Å². The molecule has 0 aliphatic carbocycles. The van der Waals surface area contributed by atoms with E-state index in [1.54, 1.807) is 11.0 Å². The van der Waals surface area contributed by atoms with Crippen molar-refractivity contribution in [3.05, 3.63) is 65.0 Å². The van der Waals surface area contributed by atoms with Crippen LogP contribution in [-0.4, -0.2) is 34.2 Å². The molecule has 1 aromatic heterocycles. The molecule has 4 rings (SSSR count). The lowest BCUT2D eigenvalue weighted by atomic mass is 9.97. The van der Waals surface area contributed by atoms with Crippen LogP contribution in [0.15, 0.2) is 47.0 Å². The van der Waals surface area contributed by atoms with Gasteiger partial charge in [-0.2, -0.15) is 18.2 Å². The van der Waals surface area contributed by atoms with Crippen molar-refractivity contribution >= 4 is 18.4 Å². The highest BCUT2D eigenvalue weighted by molar-refractivity contribution is 5.85. The van der Waals surface area contributed by atoms with E-state index in [-0.39, 0.29) is 53.7 Å². The summed E-state index contributed by atoms with van der Waals surface area (Å²) in [6.45, 7) is 3.24. The molecule has 1 aliphatic heterocycles. The number of nitrogens with one attached hydrogen (secondary N) is 1. The third kappa shape index (κ3) is 6.29. The smallest absolute Gasteiger partial charge is 0.416 e. The third-order valence-corrected chi connectivity index (χ3v) is 6.04. The van der Waals surface area contributed by atoms with Gasteiger partial charge in [-0.15, -0.1) is 12.4 Å². The Hall–Kier alpha value is -3.27. The van der Waals surface area contributed by atoms with Crippen LogP contribution in [0.2, 0.25) is 0 Å². The monoisotopic (exact) mass is 523 g/mol. The van der Waals surface area contributed by atoms with Crippen LogP contribution >= 0.6 is 12.4 Å². The Labute approximate surface area is 213 Å². The number of halogens is 4. The Kier molecular flexibility index (Phi) is 8.84. The average Bonchev–Trinajstić information content (AvgIpc) is 3.51. The zero-order chi connectivity index (χ0) is 25.0. The second kappa shape index (κ2) is 11.6. The van der Waals surface area contributed by atoms with E-state index in [1.807, 2.05) is 31.2 Å². The molecule has 2 heterocycles. The Balaban J connectivity index is 0.00000361. The fraction of sp³-hybridized carbons (Fsp3) is 0.400. The molecule has 7 nitrogen and oxygen atoms in total. The molecule has 36 heavy (non-hydrogen) atoms. The van der Waals surface area contributed by atoms with E-state index in [0.717, 1.165) is 30.2 Å². The molecule has 1 unspecified atom stereocenters. The number of ether oxygens (including phenoxy) is 1. The molecule has 0 saturated carbocycles. The summed E-state index contributed by atoms with van der Waals surface area (Å²) in [7, 11) is 0. The van der Waals surface area contributed by atoms with Crippen LogP contribution in [0, 0.1) is 5.41 Å². The Morgan fingerprint density at radius 2 is 1.94 bits per heavy atom. The van der Waals surface area contributed by atoms with Gasteiger partial charge in [0.25, 0.3) is 0 Å². The normalized spacial score (nSPS) is 15.6. The first-order chi connectivity index (χ1) is 16.8. The highest BCUT2D eigenvalue weighted by Crippen LogP contribution is 2.36. The van der Waals surface area contributed by atoms with Crippen LogP contribution in [0.5, 0.6) is 5.75 Å². The van der Waals surface area contributed by atoms with E-state index < -0.39 is 11.7 Å². The minimum Gasteiger partial charge on any atom is -0.494 e. The van der Waals surface area contributed by atoms with Crippen molar-refractivity contribution in [2.24, 2.45) is 5.73 Å². The van der Waals surface area contributed by atoms with Gasteiger partial charge in [0.05, 0.1) is 12.2 Å². The molecule has 3 N–H and O–H groups in total. The molecule has 0 amide bonds. The van der Waals surface area contributed by atoms with Gasteiger partial charge in [0.2, 0.25) is 11.7 Å². The lowest BCUT2D eigenvalue weighted by Gasteiger charge is -2.21. The molecule has 1 saturated heterocycles. The SMILES string of the molecule is CCCOc1ccc(CCc2ccc(-c3noc(C4CCCN4C(=N)N)n3)cc2C(F)(F)F)cc1.Cl. The van der Waals surface area contributed by atoms with Gasteiger partial charge in [0.1, 0.15) is 11.8 Å². The summed E-state index contributed by atoms with van der Waals surface area (Å²) in [5.41, 5.74) is 6.26. The first-order valence-electron chi connectivity index (χ1n) is 11.6. The highest BCUT2D eigenvalue weighted by Gasteiger charge is 2.35. The van der Waals surface area contributed by atoms with Gasteiger partial charge in [0.15, 0.2) is 5.96 Å². The van der Waals surface area contributed by atoms with E-state index in [0.29, 0.717) is 26.0 Å². The summed E-state index contributed by atoms with van der Waals surface area (Å²) in [6, 6.07) is 11.2. The summed E-state index contributed by atoms with van der Waals surface area (Å²) in [4.78, 5) is 5.96. The number of likely N-dealkylation sites (tertiary alicyclic amines) is 1. The van der Waals surface area contributed by atoms with Gasteiger partial charge >= 0.3 is 6.18 Å². The average molecular weight is 524 g/mol. The van der Waals surface area contributed by atoms with E-state index in [9.17, 15) is 13.2 Å². The first kappa shape index (κ1) is 27.3. The number of aryl methyl sites for hydroxylation is 2. The van der Waals surface area contributed by atoms with E-state index >= 15 is 0 Å². The number of guanidine groups is 1. The van der Waals surface area contributed by atoms with Crippen molar-refractivity contribution in [3.8, 4) is 17.1 Å². The van der Waals surface area contributed by atoms with E-state index in [4.69, 9.17) is 20.4 Å². The highest BCUT2D eigenvalue weighted by atomic mass is 35.5. The van der Waals surface area contributed by atoms with E-state index in [1.165, 1.54) is 6.07 Å². The second-order valence-corrected chi connectivity index (χ2v) is 8.55. The number of rotatable bonds is 8. The number of nitrogens with zero attached hydrogens (tertiary/aromatic N) is 3. The van der Waals surface area contributed by atoms with Crippen LogP contribution in [0.4, 0.5) is 13.2 Å². The molecular weight excluding hydrogens is 495 g/mol. The summed E-state index contributed by atoms with van der Waals surface area (Å²) in [5, 5.41) is 11.6. The predicted octanol–water partition coefficient (Wildman–Crippen LogP) is 5.78. The maximum absolute atomic E-state index is 13.9. The molecule has 2 aromatic carbocycles. The lowest BCUT2D eigenvalue weighted by molar-refractivity contribution is -0.138. The maximum Gasteiger partial charge on any atom is 0.416 e. The van der Waals surface area contributed by atoms with Crippen molar-refractivity contribution in [1.29, 1.82) is 5.41 Å². The van der Waals surface area contributed by atoms with Gasteiger partial charge < -0.3 is 19.9 Å². The summed E-state index contributed by atoms with van der Waals surface area (Å²) < 4.78 is 52.6. The van der Waals surface area contributed by atoms with Gasteiger partial charge in [-0.25, -0.2) is 0 Å². The Morgan fingerprint density at radius 3 is 2.61 bits per heavy atom. The topological polar surface area (TPSA) is 101 Å². The zero-order valence-electron chi connectivity index (χ0n) is 19.8. The van der Waals surface area contributed by atoms with E-state index in [2.05, 4.69) is 10.1 Å². The molecule has 0 spiro atoms. The molecular formula is C25H29ClF3N5O2. The van der Waals surface area contributed by atoms with Crippen molar-refractivity contribution in [1.82, 2.24) is 15.0 Å². The molecule has 1 atom stereocenters. The molecule has 1 aliphatic rings. The Morgan fingerprint density at radius 1 is 1.19 bits per heavy atom. The van der Waals surface area contributed by atoms with Crippen molar-refractivity contribution < 1.29 is 22.4 Å². The maximum atomic E-state index is 13.9. The predicted molar refractivity (Wildman–Crippen MR) is 132 cm³/mol. The van der Waals surface area contributed by atoms with Crippen molar-refractivity contribution in [3.63, 3.8) is 0 Å². The number of aromatic nitrogens is 2. The number of nitrogens with two attached hydrogens (primary N) is 1. The second-order valence-electron chi connectivity index (χ2n) is 8.55. The first-order valence-corrected chi connectivity index (χ1v) is 11.6. The lowest BCUT2D eigenvalue weighted by Crippen LogP contribution is -2.35. The summed E-state index contributed by atoms with van der Waals surface area (Å²) in [6.07, 6.45) is -1.43.